The predicted octanol–water partition coefficient (Wildman–Crippen LogP) is 2.27. The minimum atomic E-state index is 0.445. The van der Waals surface area contributed by atoms with E-state index in [1.54, 1.807) is 0 Å². The number of thiocarbonyl (C=S) groups is 1. The molecule has 2 heterocycles. The van der Waals surface area contributed by atoms with Gasteiger partial charge in [0.05, 0.1) is 11.3 Å². The van der Waals surface area contributed by atoms with Crippen molar-refractivity contribution in [2.45, 2.75) is 26.8 Å². The van der Waals surface area contributed by atoms with Gasteiger partial charge in [0.2, 0.25) is 0 Å². The van der Waals surface area contributed by atoms with E-state index in [0.717, 1.165) is 40.7 Å². The summed E-state index contributed by atoms with van der Waals surface area (Å²) >= 11 is 7.20. The molecule has 1 aliphatic heterocycles. The maximum Gasteiger partial charge on any atom is 0.107 e. The van der Waals surface area contributed by atoms with E-state index in [-0.39, 0.29) is 0 Å². The van der Waals surface area contributed by atoms with Crippen LogP contribution in [0.1, 0.15) is 23.9 Å². The predicted molar refractivity (Wildman–Crippen MR) is 83.7 cm³/mol. The third-order valence-corrected chi connectivity index (χ3v) is 4.62. The van der Waals surface area contributed by atoms with E-state index in [1.807, 2.05) is 25.6 Å². The zero-order valence-electron chi connectivity index (χ0n) is 11.1. The minimum Gasteiger partial charge on any atom is -0.389 e. The van der Waals surface area contributed by atoms with Gasteiger partial charge in [-0.15, -0.1) is 0 Å². The molecule has 0 saturated carbocycles. The Kier molecular flexibility index (Phi) is 4.12. The Morgan fingerprint density at radius 2 is 2.28 bits per heavy atom. The number of hydrogen-bond acceptors (Lipinski definition) is 4. The van der Waals surface area contributed by atoms with Crippen LogP contribution in [0.15, 0.2) is 6.07 Å². The minimum absolute atomic E-state index is 0.445. The molecule has 3 nitrogen and oxygen atoms in total. The lowest BCUT2D eigenvalue weighted by Crippen LogP contribution is -2.41. The van der Waals surface area contributed by atoms with Gasteiger partial charge in [-0.25, -0.2) is 0 Å². The van der Waals surface area contributed by atoms with E-state index >= 15 is 0 Å². The Hall–Kier alpha value is -0.810. The first-order valence-corrected chi connectivity index (χ1v) is 7.69. The second-order valence-electron chi connectivity index (χ2n) is 4.72. The molecular weight excluding hydrogens is 262 g/mol. The summed E-state index contributed by atoms with van der Waals surface area (Å²) in [5, 5.41) is 0. The average Bonchev–Trinajstić information content (AvgIpc) is 2.27. The Balaban J connectivity index is 2.50. The van der Waals surface area contributed by atoms with E-state index in [1.165, 1.54) is 0 Å². The summed E-state index contributed by atoms with van der Waals surface area (Å²) in [6.45, 7) is 7.29. The van der Waals surface area contributed by atoms with Crippen molar-refractivity contribution in [2.75, 3.05) is 23.0 Å². The summed E-state index contributed by atoms with van der Waals surface area (Å²) in [6, 6.07) is 2.62. The van der Waals surface area contributed by atoms with Crippen LogP contribution in [0.3, 0.4) is 0 Å². The zero-order chi connectivity index (χ0) is 13.3. The largest absolute Gasteiger partial charge is 0.389 e. The van der Waals surface area contributed by atoms with Crippen LogP contribution in [0, 0.1) is 13.8 Å². The van der Waals surface area contributed by atoms with Crippen LogP contribution in [0.5, 0.6) is 0 Å². The fourth-order valence-corrected chi connectivity index (χ4v) is 3.69. The van der Waals surface area contributed by atoms with Gasteiger partial charge in [0.15, 0.2) is 0 Å². The molecule has 0 aliphatic carbocycles. The number of thioether (sulfide) groups is 1. The summed E-state index contributed by atoms with van der Waals surface area (Å²) < 4.78 is 0. The lowest BCUT2D eigenvalue weighted by atomic mass is 10.1. The Morgan fingerprint density at radius 1 is 1.56 bits per heavy atom. The second kappa shape index (κ2) is 5.45. The van der Waals surface area contributed by atoms with Gasteiger partial charge in [0.25, 0.3) is 0 Å². The Labute approximate surface area is 118 Å². The summed E-state index contributed by atoms with van der Waals surface area (Å²) in [6.07, 6.45) is 0. The Morgan fingerprint density at radius 3 is 2.89 bits per heavy atom. The SMILES string of the molecule is Cc1cc(N2CCSCC2C)c(C(N)=S)c(C)n1. The molecule has 0 spiro atoms. The molecule has 5 heteroatoms. The molecule has 18 heavy (non-hydrogen) atoms. The van der Waals surface area contributed by atoms with Crippen molar-refractivity contribution < 1.29 is 0 Å². The van der Waals surface area contributed by atoms with E-state index in [9.17, 15) is 0 Å². The molecule has 1 aromatic heterocycles. The summed E-state index contributed by atoms with van der Waals surface area (Å²) in [7, 11) is 0. The third kappa shape index (κ3) is 2.62. The number of rotatable bonds is 2. The first-order chi connectivity index (χ1) is 8.50. The number of aromatic nitrogens is 1. The molecule has 0 bridgehead atoms. The maximum absolute atomic E-state index is 5.88. The second-order valence-corrected chi connectivity index (χ2v) is 6.31. The highest BCUT2D eigenvalue weighted by Crippen LogP contribution is 2.29. The smallest absolute Gasteiger partial charge is 0.107 e. The Bertz CT molecular complexity index is 474. The molecule has 1 unspecified atom stereocenters. The number of nitrogens with two attached hydrogens (primary N) is 1. The normalized spacial score (nSPS) is 19.9. The molecule has 98 valence electrons. The highest BCUT2D eigenvalue weighted by molar-refractivity contribution is 7.99. The van der Waals surface area contributed by atoms with Gasteiger partial charge in [-0.05, 0) is 26.8 Å². The van der Waals surface area contributed by atoms with Crippen molar-refractivity contribution >= 4 is 34.7 Å². The lowest BCUT2D eigenvalue weighted by molar-refractivity contribution is 0.698. The first-order valence-electron chi connectivity index (χ1n) is 6.13. The standard InChI is InChI=1S/C13H19N3S2/c1-8-6-11(12(13(14)17)10(3)15-8)16-4-5-18-7-9(16)2/h6,9H,4-5,7H2,1-3H3,(H2,14,17). The van der Waals surface area contributed by atoms with E-state index in [0.29, 0.717) is 11.0 Å². The van der Waals surface area contributed by atoms with Crippen LogP contribution in [0.25, 0.3) is 0 Å². The van der Waals surface area contributed by atoms with Crippen molar-refractivity contribution in [1.29, 1.82) is 0 Å². The molecule has 1 saturated heterocycles. The number of pyridine rings is 1. The van der Waals surface area contributed by atoms with Crippen LogP contribution < -0.4 is 10.6 Å². The quantitative estimate of drug-likeness (QED) is 0.842. The third-order valence-electron chi connectivity index (χ3n) is 3.23. The molecule has 1 aliphatic rings. The summed E-state index contributed by atoms with van der Waals surface area (Å²) in [4.78, 5) is 7.33. The van der Waals surface area contributed by atoms with Crippen LogP contribution in [0.2, 0.25) is 0 Å². The average molecular weight is 281 g/mol. The van der Waals surface area contributed by atoms with Crippen molar-refractivity contribution in [3.8, 4) is 0 Å². The van der Waals surface area contributed by atoms with Gasteiger partial charge < -0.3 is 10.6 Å². The van der Waals surface area contributed by atoms with Crippen LogP contribution in [-0.2, 0) is 0 Å². The molecule has 2 N–H and O–H groups in total. The summed E-state index contributed by atoms with van der Waals surface area (Å²) in [5.74, 6) is 2.30. The van der Waals surface area contributed by atoms with Gasteiger partial charge >= 0.3 is 0 Å². The van der Waals surface area contributed by atoms with E-state index < -0.39 is 0 Å². The fraction of sp³-hybridized carbons (Fsp3) is 0.538. The fourth-order valence-electron chi connectivity index (χ4n) is 2.42. The number of anilines is 1. The molecule has 0 radical (unpaired) electrons. The van der Waals surface area contributed by atoms with Crippen LogP contribution in [-0.4, -0.2) is 34.1 Å². The van der Waals surface area contributed by atoms with Crippen LogP contribution >= 0.6 is 24.0 Å². The van der Waals surface area contributed by atoms with E-state index in [2.05, 4.69) is 22.9 Å². The topological polar surface area (TPSA) is 42.1 Å². The monoisotopic (exact) mass is 281 g/mol. The van der Waals surface area contributed by atoms with Crippen molar-refractivity contribution in [2.24, 2.45) is 5.73 Å². The van der Waals surface area contributed by atoms with Gasteiger partial charge in [0.1, 0.15) is 4.99 Å². The van der Waals surface area contributed by atoms with Gasteiger partial charge in [0, 0.05) is 35.5 Å². The van der Waals surface area contributed by atoms with Crippen molar-refractivity contribution in [1.82, 2.24) is 4.98 Å². The van der Waals surface area contributed by atoms with Crippen molar-refractivity contribution in [3.05, 3.63) is 23.0 Å². The molecular formula is C13H19N3S2. The number of aryl methyl sites for hydroxylation is 2. The molecule has 0 aromatic carbocycles. The van der Waals surface area contributed by atoms with E-state index in [4.69, 9.17) is 18.0 Å². The number of nitrogens with zero attached hydrogens (tertiary/aromatic N) is 2. The maximum atomic E-state index is 5.88. The van der Waals surface area contributed by atoms with Gasteiger partial charge in [-0.1, -0.05) is 12.2 Å². The zero-order valence-corrected chi connectivity index (χ0v) is 12.7. The first kappa shape index (κ1) is 13.6. The number of hydrogen-bond donors (Lipinski definition) is 1. The lowest BCUT2D eigenvalue weighted by Gasteiger charge is -2.36. The van der Waals surface area contributed by atoms with Gasteiger partial charge in [-0.2, -0.15) is 11.8 Å². The molecule has 1 aromatic rings. The van der Waals surface area contributed by atoms with Crippen molar-refractivity contribution in [3.63, 3.8) is 0 Å². The van der Waals surface area contributed by atoms with Gasteiger partial charge in [-0.3, -0.25) is 4.98 Å². The van der Waals surface area contributed by atoms with Crippen LogP contribution in [0.4, 0.5) is 5.69 Å². The highest BCUT2D eigenvalue weighted by atomic mass is 32.2. The molecule has 1 atom stereocenters. The molecule has 2 rings (SSSR count). The molecule has 0 amide bonds. The molecule has 1 fully saturated rings. The highest BCUT2D eigenvalue weighted by Gasteiger charge is 2.23. The summed E-state index contributed by atoms with van der Waals surface area (Å²) in [5.41, 5.74) is 9.92.